The van der Waals surface area contributed by atoms with E-state index >= 15 is 0 Å². The Labute approximate surface area is 224 Å². The minimum absolute atomic E-state index is 0.0640. The first-order chi connectivity index (χ1) is 18.6. The van der Waals surface area contributed by atoms with Gasteiger partial charge in [0.1, 0.15) is 0 Å². The van der Waals surface area contributed by atoms with Crippen molar-refractivity contribution in [3.05, 3.63) is 90.0 Å². The van der Waals surface area contributed by atoms with Crippen molar-refractivity contribution in [1.82, 2.24) is 5.32 Å². The predicted octanol–water partition coefficient (Wildman–Crippen LogP) is 5.70. The lowest BCUT2D eigenvalue weighted by Gasteiger charge is -2.35. The van der Waals surface area contributed by atoms with Crippen molar-refractivity contribution in [2.24, 2.45) is 5.92 Å². The zero-order valence-electron chi connectivity index (χ0n) is 21.7. The first-order valence-electron chi connectivity index (χ1n) is 13.6. The third kappa shape index (κ3) is 6.92. The second-order valence-electron chi connectivity index (χ2n) is 10.1. The van der Waals surface area contributed by atoms with E-state index in [1.165, 1.54) is 5.56 Å². The second kappa shape index (κ2) is 12.6. The molecule has 1 atom stereocenters. The Balaban J connectivity index is 1.27. The van der Waals surface area contributed by atoms with Crippen LogP contribution in [-0.4, -0.2) is 44.3 Å². The lowest BCUT2D eigenvalue weighted by atomic mass is 9.89. The SMILES string of the molecule is O=C(Nc1ccccc1)Nc1ccc(N2CCC(Cc3ccccc3)CC2)c(C(=O)NC[C@@H]2CCCO2)c1. The first-order valence-corrected chi connectivity index (χ1v) is 13.6. The summed E-state index contributed by atoms with van der Waals surface area (Å²) in [4.78, 5) is 28.3. The van der Waals surface area contributed by atoms with Crippen LogP contribution in [0.5, 0.6) is 0 Å². The Morgan fingerprint density at radius 3 is 2.26 bits per heavy atom. The van der Waals surface area contributed by atoms with E-state index in [0.717, 1.165) is 57.5 Å². The molecule has 2 saturated heterocycles. The molecule has 3 N–H and O–H groups in total. The molecule has 2 aliphatic heterocycles. The number of ether oxygens (including phenoxy) is 1. The van der Waals surface area contributed by atoms with Gasteiger partial charge in [0.25, 0.3) is 5.91 Å². The normalized spacial score (nSPS) is 17.7. The molecule has 0 unspecified atom stereocenters. The summed E-state index contributed by atoms with van der Waals surface area (Å²) >= 11 is 0. The van der Waals surface area contributed by atoms with Crippen LogP contribution in [0.4, 0.5) is 21.9 Å². The van der Waals surface area contributed by atoms with Crippen molar-refractivity contribution < 1.29 is 14.3 Å². The zero-order chi connectivity index (χ0) is 26.2. The lowest BCUT2D eigenvalue weighted by Crippen LogP contribution is -2.37. The minimum atomic E-state index is -0.351. The molecule has 3 amide bonds. The fourth-order valence-electron chi connectivity index (χ4n) is 5.32. The molecule has 2 fully saturated rings. The van der Waals surface area contributed by atoms with Crippen molar-refractivity contribution in [2.75, 3.05) is 41.8 Å². The van der Waals surface area contributed by atoms with Gasteiger partial charge in [-0.1, -0.05) is 48.5 Å². The highest BCUT2D eigenvalue weighted by Crippen LogP contribution is 2.30. The third-order valence-corrected chi connectivity index (χ3v) is 7.37. The number of hydrogen-bond donors (Lipinski definition) is 3. The van der Waals surface area contributed by atoms with Gasteiger partial charge >= 0.3 is 6.03 Å². The summed E-state index contributed by atoms with van der Waals surface area (Å²) in [6.45, 7) is 3.03. The highest BCUT2D eigenvalue weighted by molar-refractivity contribution is 6.04. The predicted molar refractivity (Wildman–Crippen MR) is 152 cm³/mol. The maximum absolute atomic E-state index is 13.4. The van der Waals surface area contributed by atoms with E-state index in [9.17, 15) is 9.59 Å². The van der Waals surface area contributed by atoms with E-state index in [1.54, 1.807) is 6.07 Å². The zero-order valence-corrected chi connectivity index (χ0v) is 21.7. The number of carbonyl (C=O) groups is 2. The molecule has 38 heavy (non-hydrogen) atoms. The van der Waals surface area contributed by atoms with E-state index < -0.39 is 0 Å². The Hall–Kier alpha value is -3.84. The minimum Gasteiger partial charge on any atom is -0.376 e. The van der Waals surface area contributed by atoms with E-state index in [-0.39, 0.29) is 18.0 Å². The Morgan fingerprint density at radius 1 is 0.842 bits per heavy atom. The molecule has 0 aromatic heterocycles. The molecule has 0 saturated carbocycles. The quantitative estimate of drug-likeness (QED) is 0.362. The van der Waals surface area contributed by atoms with Gasteiger partial charge in [0, 0.05) is 43.3 Å². The van der Waals surface area contributed by atoms with Crippen LogP contribution in [0.1, 0.15) is 41.6 Å². The Kier molecular flexibility index (Phi) is 8.56. The number of urea groups is 1. The fourth-order valence-corrected chi connectivity index (χ4v) is 5.32. The molecule has 5 rings (SSSR count). The van der Waals surface area contributed by atoms with Gasteiger partial charge in [0.05, 0.1) is 11.7 Å². The molecular weight excluding hydrogens is 476 g/mol. The van der Waals surface area contributed by atoms with Crippen LogP contribution in [0.15, 0.2) is 78.9 Å². The van der Waals surface area contributed by atoms with E-state index in [2.05, 4.69) is 51.2 Å². The van der Waals surface area contributed by atoms with Gasteiger partial charge in [0.15, 0.2) is 0 Å². The molecule has 2 aliphatic rings. The number of nitrogens with one attached hydrogen (secondary N) is 3. The summed E-state index contributed by atoms with van der Waals surface area (Å²) in [5, 5.41) is 8.76. The Bertz CT molecular complexity index is 1200. The average molecular weight is 513 g/mol. The molecule has 198 valence electrons. The number of amides is 3. The summed E-state index contributed by atoms with van der Waals surface area (Å²) < 4.78 is 5.69. The summed E-state index contributed by atoms with van der Waals surface area (Å²) in [6, 6.07) is 25.2. The van der Waals surface area contributed by atoms with Gasteiger partial charge in [-0.15, -0.1) is 0 Å². The molecular formula is C31H36N4O3. The molecule has 7 heteroatoms. The van der Waals surface area contributed by atoms with Gasteiger partial charge in [-0.05, 0) is 73.9 Å². The van der Waals surface area contributed by atoms with Crippen LogP contribution in [0.25, 0.3) is 0 Å². The maximum Gasteiger partial charge on any atom is 0.323 e. The van der Waals surface area contributed by atoms with E-state index in [1.807, 2.05) is 42.5 Å². The first kappa shape index (κ1) is 25.8. The standard InChI is InChI=1S/C31H36N4O3/c36-30(32-22-27-12-7-19-38-27)28-21-26(34-31(37)33-25-10-5-2-6-11-25)13-14-29(28)35-17-15-24(16-18-35)20-23-8-3-1-4-9-23/h1-6,8-11,13-14,21,24,27H,7,12,15-20,22H2,(H,32,36)(H2,33,34,37)/t27-/m0/s1. The van der Waals surface area contributed by atoms with Crippen molar-refractivity contribution in [2.45, 2.75) is 38.2 Å². The summed E-state index contributed by atoms with van der Waals surface area (Å²) in [6.07, 6.45) is 5.29. The highest BCUT2D eigenvalue weighted by Gasteiger charge is 2.25. The van der Waals surface area contributed by atoms with Crippen molar-refractivity contribution in [1.29, 1.82) is 0 Å². The van der Waals surface area contributed by atoms with Crippen LogP contribution in [0.3, 0.4) is 0 Å². The largest absolute Gasteiger partial charge is 0.376 e. The van der Waals surface area contributed by atoms with E-state index in [0.29, 0.717) is 29.4 Å². The van der Waals surface area contributed by atoms with E-state index in [4.69, 9.17) is 4.74 Å². The maximum atomic E-state index is 13.4. The number of rotatable bonds is 8. The van der Waals surface area contributed by atoms with Gasteiger partial charge < -0.3 is 25.6 Å². The average Bonchev–Trinajstić information content (AvgIpc) is 3.47. The van der Waals surface area contributed by atoms with Gasteiger partial charge in [-0.25, -0.2) is 4.79 Å². The van der Waals surface area contributed by atoms with Gasteiger partial charge in [0.2, 0.25) is 0 Å². The number of nitrogens with zero attached hydrogens (tertiary/aromatic N) is 1. The van der Waals surface area contributed by atoms with Crippen LogP contribution in [0.2, 0.25) is 0 Å². The number of carbonyl (C=O) groups excluding carboxylic acids is 2. The second-order valence-corrected chi connectivity index (χ2v) is 10.1. The Morgan fingerprint density at radius 2 is 1.55 bits per heavy atom. The molecule has 3 aromatic carbocycles. The highest BCUT2D eigenvalue weighted by atomic mass is 16.5. The molecule has 0 aliphatic carbocycles. The topological polar surface area (TPSA) is 82.7 Å². The van der Waals surface area contributed by atoms with Crippen LogP contribution in [0, 0.1) is 5.92 Å². The van der Waals surface area contributed by atoms with Crippen LogP contribution in [-0.2, 0) is 11.2 Å². The van der Waals surface area contributed by atoms with Crippen LogP contribution >= 0.6 is 0 Å². The molecule has 0 bridgehead atoms. The number of piperidine rings is 1. The van der Waals surface area contributed by atoms with Crippen molar-refractivity contribution in [3.63, 3.8) is 0 Å². The molecule has 7 nitrogen and oxygen atoms in total. The molecule has 3 aromatic rings. The number of anilines is 3. The van der Waals surface area contributed by atoms with Crippen LogP contribution < -0.4 is 20.9 Å². The smallest absolute Gasteiger partial charge is 0.323 e. The molecule has 2 heterocycles. The monoisotopic (exact) mass is 512 g/mol. The fraction of sp³-hybridized carbons (Fsp3) is 0.355. The van der Waals surface area contributed by atoms with Crippen molar-refractivity contribution in [3.8, 4) is 0 Å². The van der Waals surface area contributed by atoms with Gasteiger partial charge in [-0.3, -0.25) is 4.79 Å². The number of para-hydroxylation sites is 1. The summed E-state index contributed by atoms with van der Waals surface area (Å²) in [5.41, 5.74) is 4.13. The summed E-state index contributed by atoms with van der Waals surface area (Å²) in [7, 11) is 0. The third-order valence-electron chi connectivity index (χ3n) is 7.37. The van der Waals surface area contributed by atoms with Gasteiger partial charge in [-0.2, -0.15) is 0 Å². The molecule has 0 spiro atoms. The summed E-state index contributed by atoms with van der Waals surface area (Å²) in [5.74, 6) is 0.488. The van der Waals surface area contributed by atoms with Crippen molar-refractivity contribution >= 4 is 29.0 Å². The number of benzene rings is 3. The molecule has 0 radical (unpaired) electrons. The lowest BCUT2D eigenvalue weighted by molar-refractivity contribution is 0.0858. The number of hydrogen-bond acceptors (Lipinski definition) is 4.